The maximum absolute atomic E-state index is 13.0. The highest BCUT2D eigenvalue weighted by Crippen LogP contribution is 2.27. The van der Waals surface area contributed by atoms with Crippen LogP contribution in [-0.4, -0.2) is 27.9 Å². The second kappa shape index (κ2) is 10.6. The summed E-state index contributed by atoms with van der Waals surface area (Å²) in [5.74, 6) is 0.708. The fraction of sp³-hybridized carbons (Fsp3) is 0.304. The largest absolute Gasteiger partial charge is 0.416 e. The van der Waals surface area contributed by atoms with E-state index in [-0.39, 0.29) is 18.2 Å². The van der Waals surface area contributed by atoms with E-state index < -0.39 is 5.25 Å². The Morgan fingerprint density at radius 2 is 1.77 bits per heavy atom. The van der Waals surface area contributed by atoms with Crippen LogP contribution in [0.2, 0.25) is 0 Å². The van der Waals surface area contributed by atoms with Gasteiger partial charge >= 0.3 is 0 Å². The van der Waals surface area contributed by atoms with Gasteiger partial charge in [-0.15, -0.1) is 10.2 Å². The van der Waals surface area contributed by atoms with Gasteiger partial charge < -0.3 is 9.32 Å². The number of thioether (sulfide) groups is 1. The molecule has 0 aliphatic rings. The van der Waals surface area contributed by atoms with Crippen LogP contribution in [0.5, 0.6) is 0 Å². The SMILES string of the molecule is CC(Sc1nnc(CC(C)c2ccccc2)o1)C(=O)N(CCC#N)c1ccccc1. The predicted molar refractivity (Wildman–Crippen MR) is 117 cm³/mol. The lowest BCUT2D eigenvalue weighted by atomic mass is 9.98. The minimum Gasteiger partial charge on any atom is -0.416 e. The number of benzene rings is 2. The van der Waals surface area contributed by atoms with Gasteiger partial charge in [0.05, 0.1) is 17.7 Å². The molecule has 7 heteroatoms. The molecule has 0 aliphatic heterocycles. The smallest absolute Gasteiger partial charge is 0.277 e. The molecule has 0 bridgehead atoms. The average molecular weight is 421 g/mol. The monoisotopic (exact) mass is 420 g/mol. The number of carbonyl (C=O) groups is 1. The van der Waals surface area contributed by atoms with E-state index in [4.69, 9.17) is 9.68 Å². The van der Waals surface area contributed by atoms with Crippen LogP contribution in [0.25, 0.3) is 0 Å². The topological polar surface area (TPSA) is 83.0 Å². The van der Waals surface area contributed by atoms with Gasteiger partial charge in [0.25, 0.3) is 5.22 Å². The third kappa shape index (κ3) is 5.71. The minimum absolute atomic E-state index is 0.0983. The van der Waals surface area contributed by atoms with Crippen molar-refractivity contribution < 1.29 is 9.21 Å². The van der Waals surface area contributed by atoms with Crippen LogP contribution in [0.1, 0.15) is 37.6 Å². The van der Waals surface area contributed by atoms with Crippen molar-refractivity contribution in [2.24, 2.45) is 0 Å². The number of hydrogen-bond acceptors (Lipinski definition) is 6. The number of amides is 1. The lowest BCUT2D eigenvalue weighted by Crippen LogP contribution is -2.37. The Hall–Kier alpha value is -3.11. The van der Waals surface area contributed by atoms with E-state index in [0.717, 1.165) is 5.69 Å². The number of rotatable bonds is 9. The van der Waals surface area contributed by atoms with Crippen LogP contribution in [0.4, 0.5) is 5.69 Å². The van der Waals surface area contributed by atoms with E-state index in [0.29, 0.717) is 24.1 Å². The Kier molecular flexibility index (Phi) is 7.63. The average Bonchev–Trinajstić information content (AvgIpc) is 3.21. The summed E-state index contributed by atoms with van der Waals surface area (Å²) < 4.78 is 5.78. The highest BCUT2D eigenvalue weighted by Gasteiger charge is 2.25. The molecule has 2 unspecified atom stereocenters. The number of aromatic nitrogens is 2. The van der Waals surface area contributed by atoms with Gasteiger partial charge in [-0.1, -0.05) is 67.2 Å². The van der Waals surface area contributed by atoms with Crippen LogP contribution < -0.4 is 4.90 Å². The Bertz CT molecular complexity index is 985. The van der Waals surface area contributed by atoms with Gasteiger partial charge in [-0.25, -0.2) is 0 Å². The molecule has 0 fully saturated rings. The van der Waals surface area contributed by atoms with Crippen molar-refractivity contribution in [2.45, 2.75) is 43.1 Å². The zero-order chi connectivity index (χ0) is 21.3. The molecule has 0 spiro atoms. The first-order chi connectivity index (χ1) is 14.6. The molecule has 0 aliphatic carbocycles. The fourth-order valence-corrected chi connectivity index (χ4v) is 3.85. The van der Waals surface area contributed by atoms with Gasteiger partial charge in [0.15, 0.2) is 0 Å². The Balaban J connectivity index is 1.64. The van der Waals surface area contributed by atoms with Crippen LogP contribution in [-0.2, 0) is 11.2 Å². The lowest BCUT2D eigenvalue weighted by molar-refractivity contribution is -0.117. The van der Waals surface area contributed by atoms with Crippen molar-refractivity contribution in [3.63, 3.8) is 0 Å². The first-order valence-corrected chi connectivity index (χ1v) is 10.7. The number of nitrogens with zero attached hydrogens (tertiary/aromatic N) is 4. The molecule has 1 amide bonds. The van der Waals surface area contributed by atoms with Crippen LogP contribution in [0, 0.1) is 11.3 Å². The van der Waals surface area contributed by atoms with Gasteiger partial charge in [-0.05, 0) is 30.5 Å². The molecule has 3 rings (SSSR count). The molecule has 30 heavy (non-hydrogen) atoms. The Labute approximate surface area is 180 Å². The molecular formula is C23H24N4O2S. The minimum atomic E-state index is -0.427. The summed E-state index contributed by atoms with van der Waals surface area (Å²) in [6.45, 7) is 4.27. The maximum Gasteiger partial charge on any atom is 0.277 e. The van der Waals surface area contributed by atoms with Gasteiger partial charge in [0, 0.05) is 18.7 Å². The van der Waals surface area contributed by atoms with Crippen molar-refractivity contribution in [3.8, 4) is 6.07 Å². The third-order valence-corrected chi connectivity index (χ3v) is 5.63. The fourth-order valence-electron chi connectivity index (χ4n) is 3.09. The predicted octanol–water partition coefficient (Wildman–Crippen LogP) is 4.84. The Morgan fingerprint density at radius 3 is 2.43 bits per heavy atom. The summed E-state index contributed by atoms with van der Waals surface area (Å²) in [5, 5.41) is 17.1. The van der Waals surface area contributed by atoms with Gasteiger partial charge in [-0.3, -0.25) is 4.79 Å². The normalized spacial score (nSPS) is 12.7. The zero-order valence-electron chi connectivity index (χ0n) is 17.1. The van der Waals surface area contributed by atoms with Crippen molar-refractivity contribution in [1.82, 2.24) is 10.2 Å². The maximum atomic E-state index is 13.0. The quantitative estimate of drug-likeness (QED) is 0.461. The van der Waals surface area contributed by atoms with E-state index in [1.165, 1.54) is 17.3 Å². The van der Waals surface area contributed by atoms with E-state index in [2.05, 4.69) is 35.3 Å². The second-order valence-corrected chi connectivity index (χ2v) is 8.26. The van der Waals surface area contributed by atoms with E-state index in [1.54, 1.807) is 4.90 Å². The molecule has 1 heterocycles. The molecule has 0 radical (unpaired) electrons. The van der Waals surface area contributed by atoms with E-state index in [1.807, 2.05) is 55.5 Å². The summed E-state index contributed by atoms with van der Waals surface area (Å²) in [4.78, 5) is 14.7. The molecular weight excluding hydrogens is 396 g/mol. The number of hydrogen-bond donors (Lipinski definition) is 0. The van der Waals surface area contributed by atoms with Crippen molar-refractivity contribution in [3.05, 3.63) is 72.1 Å². The molecule has 0 saturated carbocycles. The second-order valence-electron chi connectivity index (χ2n) is 6.97. The summed E-state index contributed by atoms with van der Waals surface area (Å²) in [6.07, 6.45) is 0.901. The first-order valence-electron chi connectivity index (χ1n) is 9.86. The standard InChI is InChI=1S/C23H24N4O2S/c1-17(19-10-5-3-6-11-19)16-21-25-26-23(29-21)30-18(2)22(28)27(15-9-14-24)20-12-7-4-8-13-20/h3-8,10-13,17-18H,9,15-16H2,1-2H3. The van der Waals surface area contributed by atoms with Crippen LogP contribution in [0.3, 0.4) is 0 Å². The number of anilines is 1. The van der Waals surface area contributed by atoms with E-state index in [9.17, 15) is 4.79 Å². The summed E-state index contributed by atoms with van der Waals surface area (Å²) in [6, 6.07) is 21.6. The molecule has 0 N–H and O–H groups in total. The Morgan fingerprint density at radius 1 is 1.10 bits per heavy atom. The summed E-state index contributed by atoms with van der Waals surface area (Å²) >= 11 is 1.24. The summed E-state index contributed by atoms with van der Waals surface area (Å²) in [7, 11) is 0. The highest BCUT2D eigenvalue weighted by molar-refractivity contribution is 8.00. The highest BCUT2D eigenvalue weighted by atomic mass is 32.2. The molecule has 2 aromatic carbocycles. The molecule has 0 saturated heterocycles. The van der Waals surface area contributed by atoms with E-state index >= 15 is 0 Å². The third-order valence-electron chi connectivity index (χ3n) is 4.70. The van der Waals surface area contributed by atoms with Crippen molar-refractivity contribution in [1.29, 1.82) is 5.26 Å². The van der Waals surface area contributed by atoms with Crippen LogP contribution in [0.15, 0.2) is 70.3 Å². The molecule has 2 atom stereocenters. The molecule has 3 aromatic rings. The summed E-state index contributed by atoms with van der Waals surface area (Å²) in [5.41, 5.74) is 1.98. The molecule has 6 nitrogen and oxygen atoms in total. The van der Waals surface area contributed by atoms with Gasteiger partial charge in [0.2, 0.25) is 11.8 Å². The van der Waals surface area contributed by atoms with Gasteiger partial charge in [0.1, 0.15) is 0 Å². The first kappa shape index (κ1) is 21.6. The zero-order valence-corrected chi connectivity index (χ0v) is 17.9. The number of carbonyl (C=O) groups excluding carboxylic acids is 1. The lowest BCUT2D eigenvalue weighted by Gasteiger charge is -2.24. The van der Waals surface area contributed by atoms with Crippen LogP contribution >= 0.6 is 11.8 Å². The number of para-hydroxylation sites is 1. The van der Waals surface area contributed by atoms with Crippen molar-refractivity contribution in [2.75, 3.05) is 11.4 Å². The van der Waals surface area contributed by atoms with Gasteiger partial charge in [-0.2, -0.15) is 5.26 Å². The number of nitriles is 1. The molecule has 1 aromatic heterocycles. The van der Waals surface area contributed by atoms with Crippen molar-refractivity contribution >= 4 is 23.4 Å². The molecule has 154 valence electrons.